The van der Waals surface area contributed by atoms with Gasteiger partial charge in [-0.3, -0.25) is 19.8 Å². The number of nitrogens with zero attached hydrogens (tertiary/aromatic N) is 2. The fourth-order valence-electron chi connectivity index (χ4n) is 3.25. The first-order valence-corrected chi connectivity index (χ1v) is 8.46. The molecule has 7 nitrogen and oxygen atoms in total. The lowest BCUT2D eigenvalue weighted by Crippen LogP contribution is -2.49. The second-order valence-corrected chi connectivity index (χ2v) is 6.52. The molecule has 0 atom stereocenters. The number of imide groups is 1. The smallest absolute Gasteiger partial charge is 0.328 e. The van der Waals surface area contributed by atoms with Crippen LogP contribution in [0, 0.1) is 12.8 Å². The summed E-state index contributed by atoms with van der Waals surface area (Å²) in [7, 11) is 0. The van der Waals surface area contributed by atoms with Crippen LogP contribution in [0.4, 0.5) is 10.5 Å². The molecule has 2 heterocycles. The number of hydrogen-bond acceptors (Lipinski definition) is 4. The Bertz CT molecular complexity index is 723. The molecule has 25 heavy (non-hydrogen) atoms. The van der Waals surface area contributed by atoms with E-state index in [2.05, 4.69) is 5.32 Å². The average molecular weight is 343 g/mol. The third-order valence-corrected chi connectivity index (χ3v) is 4.82. The predicted octanol–water partition coefficient (Wildman–Crippen LogP) is 1.49. The molecule has 0 bridgehead atoms. The highest BCUT2D eigenvalue weighted by molar-refractivity contribution is 6.06. The van der Waals surface area contributed by atoms with E-state index in [1.165, 1.54) is 4.90 Å². The molecule has 1 aromatic rings. The maximum Gasteiger partial charge on any atom is 0.328 e. The van der Waals surface area contributed by atoms with Crippen LogP contribution in [0.25, 0.3) is 0 Å². The number of piperidine rings is 1. The van der Waals surface area contributed by atoms with Gasteiger partial charge < -0.3 is 9.69 Å². The van der Waals surface area contributed by atoms with E-state index >= 15 is 0 Å². The average Bonchev–Trinajstić information content (AvgIpc) is 2.62. The number of carbonyl (C=O) groups excluding carboxylic acids is 4. The summed E-state index contributed by atoms with van der Waals surface area (Å²) < 4.78 is 0. The fourth-order valence-corrected chi connectivity index (χ4v) is 3.25. The molecule has 0 aromatic heterocycles. The van der Waals surface area contributed by atoms with Crippen LogP contribution in [0.2, 0.25) is 0 Å². The maximum absolute atomic E-state index is 12.7. The van der Waals surface area contributed by atoms with Gasteiger partial charge in [0.1, 0.15) is 6.29 Å². The third-order valence-electron chi connectivity index (χ3n) is 4.82. The minimum Gasteiger partial charge on any atom is -0.339 e. The number of rotatable bonds is 3. The number of aldehydes is 1. The molecule has 4 amide bonds. The summed E-state index contributed by atoms with van der Waals surface area (Å²) >= 11 is 0. The molecule has 2 aliphatic rings. The van der Waals surface area contributed by atoms with Gasteiger partial charge in [-0.15, -0.1) is 0 Å². The van der Waals surface area contributed by atoms with Crippen molar-refractivity contribution in [2.24, 2.45) is 5.92 Å². The monoisotopic (exact) mass is 343 g/mol. The summed E-state index contributed by atoms with van der Waals surface area (Å²) in [6.45, 7) is 3.28. The molecule has 0 radical (unpaired) electrons. The first-order chi connectivity index (χ1) is 12.0. The van der Waals surface area contributed by atoms with Gasteiger partial charge in [-0.05, 0) is 37.5 Å². The largest absolute Gasteiger partial charge is 0.339 e. The highest BCUT2D eigenvalue weighted by atomic mass is 16.2. The van der Waals surface area contributed by atoms with Gasteiger partial charge in [-0.1, -0.05) is 6.07 Å². The molecular formula is C18H21N3O4. The number of likely N-dealkylation sites (tertiary alicyclic amines) is 1. The van der Waals surface area contributed by atoms with Crippen LogP contribution in [-0.4, -0.2) is 48.7 Å². The Morgan fingerprint density at radius 2 is 1.92 bits per heavy atom. The molecule has 2 fully saturated rings. The molecule has 132 valence electrons. The Morgan fingerprint density at radius 1 is 1.20 bits per heavy atom. The minimum atomic E-state index is -0.462. The van der Waals surface area contributed by atoms with Crippen LogP contribution in [0.1, 0.15) is 35.2 Å². The highest BCUT2D eigenvalue weighted by Crippen LogP contribution is 2.25. The van der Waals surface area contributed by atoms with E-state index < -0.39 is 6.03 Å². The number of anilines is 1. The van der Waals surface area contributed by atoms with E-state index in [-0.39, 0.29) is 24.2 Å². The van der Waals surface area contributed by atoms with Crippen LogP contribution in [0.3, 0.4) is 0 Å². The Labute approximate surface area is 146 Å². The zero-order valence-electron chi connectivity index (χ0n) is 14.2. The van der Waals surface area contributed by atoms with Crippen molar-refractivity contribution in [3.63, 3.8) is 0 Å². The quantitative estimate of drug-likeness (QED) is 0.843. The normalized spacial score (nSPS) is 18.9. The Kier molecular flexibility index (Phi) is 4.83. The van der Waals surface area contributed by atoms with Crippen LogP contribution in [-0.2, 0) is 9.59 Å². The van der Waals surface area contributed by atoms with Crippen LogP contribution >= 0.6 is 0 Å². The number of nitrogens with one attached hydrogen (secondary N) is 1. The predicted molar refractivity (Wildman–Crippen MR) is 91.4 cm³/mol. The Morgan fingerprint density at radius 3 is 2.56 bits per heavy atom. The van der Waals surface area contributed by atoms with E-state index in [1.54, 1.807) is 17.0 Å². The molecule has 0 spiro atoms. The number of aryl methyl sites for hydroxylation is 1. The molecule has 1 N–H and O–H groups in total. The van der Waals surface area contributed by atoms with E-state index in [0.29, 0.717) is 43.7 Å². The van der Waals surface area contributed by atoms with E-state index in [4.69, 9.17) is 0 Å². The fraction of sp³-hybridized carbons (Fsp3) is 0.444. The molecular weight excluding hydrogens is 322 g/mol. The van der Waals surface area contributed by atoms with Gasteiger partial charge >= 0.3 is 6.03 Å². The first kappa shape index (κ1) is 17.1. The van der Waals surface area contributed by atoms with E-state index in [9.17, 15) is 19.2 Å². The van der Waals surface area contributed by atoms with Crippen molar-refractivity contribution in [1.82, 2.24) is 10.2 Å². The van der Waals surface area contributed by atoms with Crippen molar-refractivity contribution in [3.8, 4) is 0 Å². The summed E-state index contributed by atoms with van der Waals surface area (Å²) in [4.78, 5) is 50.2. The van der Waals surface area contributed by atoms with Gasteiger partial charge in [-0.2, -0.15) is 0 Å². The lowest BCUT2D eigenvalue weighted by atomic mass is 9.97. The number of amides is 4. The molecule has 2 saturated heterocycles. The number of carbonyl (C=O) groups is 4. The third kappa shape index (κ3) is 3.55. The second kappa shape index (κ2) is 7.04. The van der Waals surface area contributed by atoms with Crippen LogP contribution < -0.4 is 10.2 Å². The second-order valence-electron chi connectivity index (χ2n) is 6.52. The lowest BCUT2D eigenvalue weighted by Gasteiger charge is -2.31. The first-order valence-electron chi connectivity index (χ1n) is 8.46. The summed E-state index contributed by atoms with van der Waals surface area (Å²) in [6, 6.07) is 4.80. The van der Waals surface area contributed by atoms with Gasteiger partial charge in [0.05, 0.1) is 0 Å². The van der Waals surface area contributed by atoms with Crippen molar-refractivity contribution in [1.29, 1.82) is 0 Å². The molecule has 3 rings (SSSR count). The number of hydrogen-bond donors (Lipinski definition) is 1. The van der Waals surface area contributed by atoms with Gasteiger partial charge in [0.2, 0.25) is 5.91 Å². The maximum atomic E-state index is 12.7. The Hall–Kier alpha value is -2.70. The summed E-state index contributed by atoms with van der Waals surface area (Å²) in [5, 5.41) is 2.30. The van der Waals surface area contributed by atoms with E-state index in [0.717, 1.165) is 11.8 Å². The lowest BCUT2D eigenvalue weighted by molar-refractivity contribution is -0.120. The molecule has 0 unspecified atom stereocenters. The van der Waals surface area contributed by atoms with Crippen LogP contribution in [0.15, 0.2) is 18.2 Å². The summed E-state index contributed by atoms with van der Waals surface area (Å²) in [6.07, 6.45) is 2.57. The molecule has 7 heteroatoms. The topological polar surface area (TPSA) is 86.8 Å². The van der Waals surface area contributed by atoms with Crippen molar-refractivity contribution in [3.05, 3.63) is 29.3 Å². The molecule has 2 aliphatic heterocycles. The molecule has 0 aliphatic carbocycles. The summed E-state index contributed by atoms with van der Waals surface area (Å²) in [5.41, 5.74) is 2.01. The zero-order valence-corrected chi connectivity index (χ0v) is 14.2. The number of benzene rings is 1. The highest BCUT2D eigenvalue weighted by Gasteiger charge is 2.27. The van der Waals surface area contributed by atoms with Crippen molar-refractivity contribution in [2.75, 3.05) is 24.5 Å². The van der Waals surface area contributed by atoms with Crippen molar-refractivity contribution in [2.45, 2.75) is 26.2 Å². The van der Waals surface area contributed by atoms with E-state index in [1.807, 2.05) is 13.0 Å². The van der Waals surface area contributed by atoms with Crippen LogP contribution in [0.5, 0.6) is 0 Å². The van der Waals surface area contributed by atoms with Crippen molar-refractivity contribution >= 4 is 29.8 Å². The minimum absolute atomic E-state index is 0.0345. The SMILES string of the molecule is Cc1ccc(C(=O)N2CCC(C=O)CC2)cc1N1CCC(=O)NC1=O. The van der Waals surface area contributed by atoms with Crippen molar-refractivity contribution < 1.29 is 19.2 Å². The van der Waals surface area contributed by atoms with Gasteiger partial charge in [0.25, 0.3) is 5.91 Å². The summed E-state index contributed by atoms with van der Waals surface area (Å²) in [5.74, 6) is -0.351. The standard InChI is InChI=1S/C18H21N3O4/c1-12-2-3-14(17(24)20-7-4-13(11-22)5-8-20)10-15(12)21-9-6-16(23)19-18(21)25/h2-3,10-11,13H,4-9H2,1H3,(H,19,23,25). The number of urea groups is 1. The Balaban J connectivity index is 1.79. The van der Waals surface area contributed by atoms with Gasteiger partial charge in [-0.25, -0.2) is 4.79 Å². The van der Waals surface area contributed by atoms with Gasteiger partial charge in [0, 0.05) is 43.2 Å². The molecule has 1 aromatic carbocycles. The van der Waals surface area contributed by atoms with Gasteiger partial charge in [0.15, 0.2) is 0 Å². The molecule has 0 saturated carbocycles. The zero-order chi connectivity index (χ0) is 18.0.